The highest BCUT2D eigenvalue weighted by Crippen LogP contribution is 2.45. The minimum absolute atomic E-state index is 0.0409. The lowest BCUT2D eigenvalue weighted by molar-refractivity contribution is 0.0906. The van der Waals surface area contributed by atoms with E-state index in [4.69, 9.17) is 14.5 Å². The molecule has 2 unspecified atom stereocenters. The number of hydrogen-bond donors (Lipinski definition) is 1. The van der Waals surface area contributed by atoms with E-state index in [9.17, 15) is 16.8 Å². The molecule has 2 saturated heterocycles. The van der Waals surface area contributed by atoms with Gasteiger partial charge in [0.25, 0.3) is 0 Å². The molecule has 2 aromatic heterocycles. The van der Waals surface area contributed by atoms with Gasteiger partial charge in [-0.2, -0.15) is 12.7 Å². The van der Waals surface area contributed by atoms with Crippen LogP contribution in [-0.4, -0.2) is 74.8 Å². The molecule has 16 heteroatoms. The van der Waals surface area contributed by atoms with Crippen molar-refractivity contribution in [2.24, 2.45) is 0 Å². The smallest absolute Gasteiger partial charge is 0.302 e. The second-order valence-electron chi connectivity index (χ2n) is 11.1. The largest absolute Gasteiger partial charge is 0.496 e. The Morgan fingerprint density at radius 1 is 1.02 bits per heavy atom. The maximum Gasteiger partial charge on any atom is 0.302 e. The van der Waals surface area contributed by atoms with Crippen LogP contribution in [0.3, 0.4) is 0 Å². The molecule has 0 radical (unpaired) electrons. The van der Waals surface area contributed by atoms with Crippen LogP contribution in [0.1, 0.15) is 24.0 Å². The van der Waals surface area contributed by atoms with E-state index < -0.39 is 25.9 Å². The average Bonchev–Trinajstić information content (AvgIpc) is 3.71. The summed E-state index contributed by atoms with van der Waals surface area (Å²) in [6.07, 6.45) is 4.21. The Hall–Kier alpha value is -3.70. The van der Waals surface area contributed by atoms with Gasteiger partial charge in [-0.05, 0) is 42.7 Å². The van der Waals surface area contributed by atoms with Gasteiger partial charge in [0.1, 0.15) is 5.75 Å². The number of halogens is 1. The van der Waals surface area contributed by atoms with Crippen LogP contribution < -0.4 is 14.4 Å². The number of thiazole rings is 1. The van der Waals surface area contributed by atoms with Gasteiger partial charge < -0.3 is 14.4 Å². The van der Waals surface area contributed by atoms with Gasteiger partial charge in [0.2, 0.25) is 15.0 Å². The molecule has 5 heterocycles. The number of nitrogens with one attached hydrogen (secondary N) is 1. The number of nitrogens with zero attached hydrogens (tertiary/aromatic N) is 5. The van der Waals surface area contributed by atoms with E-state index in [1.807, 2.05) is 6.07 Å². The quantitative estimate of drug-likeness (QED) is 0.274. The lowest BCUT2D eigenvalue weighted by Gasteiger charge is -2.34. The van der Waals surface area contributed by atoms with Crippen molar-refractivity contribution in [3.05, 3.63) is 65.6 Å². The summed E-state index contributed by atoms with van der Waals surface area (Å²) < 4.78 is 82.7. The number of anilines is 2. The zero-order valence-corrected chi connectivity index (χ0v) is 26.8. The van der Waals surface area contributed by atoms with Crippen LogP contribution in [0.5, 0.6) is 5.75 Å². The maximum atomic E-state index is 16.4. The molecule has 2 fully saturated rings. The topological polar surface area (TPSA) is 144 Å². The molecule has 2 bridgehead atoms. The number of morpholine rings is 1. The summed E-state index contributed by atoms with van der Waals surface area (Å²) in [7, 11) is -6.37. The predicted molar refractivity (Wildman–Crippen MR) is 167 cm³/mol. The zero-order valence-electron chi connectivity index (χ0n) is 24.3. The number of aromatic nitrogens is 3. The lowest BCUT2D eigenvalue weighted by atomic mass is 10.1. The number of ether oxygens (including phenoxy) is 2. The van der Waals surface area contributed by atoms with Crippen LogP contribution in [0.25, 0.3) is 21.8 Å². The molecule has 7 rings (SSSR count). The molecule has 3 aliphatic heterocycles. The third-order valence-corrected chi connectivity index (χ3v) is 11.6. The van der Waals surface area contributed by atoms with E-state index in [0.717, 1.165) is 30.2 Å². The summed E-state index contributed by atoms with van der Waals surface area (Å²) in [5.74, 6) is -0.237. The van der Waals surface area contributed by atoms with Crippen molar-refractivity contribution in [3.8, 4) is 27.6 Å². The molecule has 0 saturated carbocycles. The van der Waals surface area contributed by atoms with Crippen LogP contribution in [0.4, 0.5) is 15.2 Å². The molecular weight excluding hydrogens is 644 g/mol. The summed E-state index contributed by atoms with van der Waals surface area (Å²) in [6, 6.07) is 11.6. The normalized spacial score (nSPS) is 19.9. The molecule has 12 nitrogen and oxygen atoms in total. The van der Waals surface area contributed by atoms with Gasteiger partial charge in [0, 0.05) is 36.7 Å². The Kier molecular flexibility index (Phi) is 7.51. The number of fused-ring (bicyclic) bond motifs is 3. The molecule has 1 N–H and O–H groups in total. The molecule has 0 spiro atoms. The average molecular weight is 673 g/mol. The summed E-state index contributed by atoms with van der Waals surface area (Å²) in [5.41, 5.74) is 1.84. The number of rotatable bonds is 8. The van der Waals surface area contributed by atoms with E-state index in [1.165, 1.54) is 41.1 Å². The minimum atomic E-state index is -4.17. The Morgan fingerprint density at radius 2 is 1.78 bits per heavy atom. The van der Waals surface area contributed by atoms with Crippen LogP contribution >= 0.6 is 11.3 Å². The molecule has 236 valence electrons. The molecule has 3 aliphatic rings. The summed E-state index contributed by atoms with van der Waals surface area (Å²) in [6.45, 7) is 1.28. The van der Waals surface area contributed by atoms with Gasteiger partial charge in [-0.25, -0.2) is 27.8 Å². The van der Waals surface area contributed by atoms with E-state index in [1.54, 1.807) is 24.3 Å². The van der Waals surface area contributed by atoms with Crippen LogP contribution in [0.15, 0.2) is 53.8 Å². The second kappa shape index (κ2) is 11.3. The summed E-state index contributed by atoms with van der Waals surface area (Å²) in [5, 5.41) is 0.266. The van der Waals surface area contributed by atoms with E-state index in [0.29, 0.717) is 29.0 Å². The number of benzene rings is 2. The summed E-state index contributed by atoms with van der Waals surface area (Å²) in [4.78, 5) is 15.7. The monoisotopic (exact) mass is 672 g/mol. The standard InChI is InChI=1S/C29H29FN6O6S3/c1-41-24-8-3-5-17-13-35(14-21(17)24)45(39,40)34-22-7-4-6-20(25(22)30)26-27(23-11-12-31-28(32-23)44(2,37)38)43-29(33-26)36-18-9-10-19(36)16-42-15-18/h3-8,11-12,18-19,34H,9-10,13-16H2,1-2H3. The Morgan fingerprint density at radius 3 is 2.51 bits per heavy atom. The highest BCUT2D eigenvalue weighted by Gasteiger charge is 2.40. The third kappa shape index (κ3) is 5.43. The first-order valence-electron chi connectivity index (χ1n) is 14.2. The van der Waals surface area contributed by atoms with Gasteiger partial charge in [-0.1, -0.05) is 29.5 Å². The van der Waals surface area contributed by atoms with E-state index >= 15 is 4.39 Å². The molecule has 0 amide bonds. The van der Waals surface area contributed by atoms with Gasteiger partial charge in [0.05, 0.1) is 54.4 Å². The van der Waals surface area contributed by atoms with Gasteiger partial charge in [-0.3, -0.25) is 4.72 Å². The number of methoxy groups -OCH3 is 1. The van der Waals surface area contributed by atoms with E-state index in [-0.39, 0.29) is 53.0 Å². The Labute approximate surface area is 264 Å². The van der Waals surface area contributed by atoms with Crippen molar-refractivity contribution < 1.29 is 30.7 Å². The van der Waals surface area contributed by atoms with Gasteiger partial charge in [-0.15, -0.1) is 0 Å². The third-order valence-electron chi connectivity index (χ3n) is 8.24. The molecule has 4 aromatic rings. The fourth-order valence-corrected chi connectivity index (χ4v) is 8.96. The fourth-order valence-electron chi connectivity index (χ4n) is 6.08. The van der Waals surface area contributed by atoms with Crippen molar-refractivity contribution >= 4 is 42.2 Å². The van der Waals surface area contributed by atoms with Crippen LogP contribution in [-0.2, 0) is 37.9 Å². The first-order valence-corrected chi connectivity index (χ1v) is 18.3. The lowest BCUT2D eigenvalue weighted by Crippen LogP contribution is -2.45. The maximum absolute atomic E-state index is 16.4. The number of hydrogen-bond acceptors (Lipinski definition) is 11. The van der Waals surface area contributed by atoms with Crippen molar-refractivity contribution in [2.75, 3.05) is 36.2 Å². The molecule has 0 aliphatic carbocycles. The molecule has 2 atom stereocenters. The predicted octanol–water partition coefficient (Wildman–Crippen LogP) is 3.86. The summed E-state index contributed by atoms with van der Waals surface area (Å²) >= 11 is 1.27. The van der Waals surface area contributed by atoms with E-state index in [2.05, 4.69) is 19.6 Å². The fraction of sp³-hybridized carbons (Fsp3) is 0.345. The highest BCUT2D eigenvalue weighted by atomic mass is 32.2. The second-order valence-corrected chi connectivity index (χ2v) is 15.7. The van der Waals surface area contributed by atoms with Gasteiger partial charge in [0.15, 0.2) is 10.9 Å². The van der Waals surface area contributed by atoms with Crippen LogP contribution in [0, 0.1) is 5.82 Å². The Balaban J connectivity index is 1.28. The minimum Gasteiger partial charge on any atom is -0.496 e. The number of sulfone groups is 1. The van der Waals surface area contributed by atoms with Crippen molar-refractivity contribution in [1.82, 2.24) is 19.3 Å². The molecular formula is C29H29FN6O6S3. The zero-order chi connectivity index (χ0) is 31.5. The van der Waals surface area contributed by atoms with Gasteiger partial charge >= 0.3 is 10.2 Å². The van der Waals surface area contributed by atoms with Crippen LogP contribution in [0.2, 0.25) is 0 Å². The first-order chi connectivity index (χ1) is 21.5. The molecule has 2 aromatic carbocycles. The first kappa shape index (κ1) is 30.0. The van der Waals surface area contributed by atoms with Crippen molar-refractivity contribution in [2.45, 2.75) is 43.2 Å². The van der Waals surface area contributed by atoms with Crippen molar-refractivity contribution in [1.29, 1.82) is 0 Å². The molecule has 45 heavy (non-hydrogen) atoms. The van der Waals surface area contributed by atoms with Crippen molar-refractivity contribution in [3.63, 3.8) is 0 Å². The Bertz CT molecular complexity index is 2010. The SMILES string of the molecule is COc1cccc2c1CN(S(=O)(=O)Nc1cccc(-c3nc(N4C5CCC4COC5)sc3-c3ccnc(S(C)(=O)=O)n3)c1F)C2. The highest BCUT2D eigenvalue weighted by molar-refractivity contribution is 7.90.